The average Bonchev–Trinajstić information content (AvgIpc) is 2.00. The second kappa shape index (κ2) is 6.38. The van der Waals surface area contributed by atoms with Crippen molar-refractivity contribution in [3.05, 3.63) is 0 Å². The molecule has 0 amide bonds. The van der Waals surface area contributed by atoms with Crippen molar-refractivity contribution in [2.24, 2.45) is 5.92 Å². The van der Waals surface area contributed by atoms with E-state index < -0.39 is 10.1 Å². The highest BCUT2D eigenvalue weighted by atomic mass is 32.2. The fourth-order valence-corrected chi connectivity index (χ4v) is 2.20. The normalized spacial score (nSPS) is 12.3. The van der Waals surface area contributed by atoms with E-state index in [9.17, 15) is 8.42 Å². The Morgan fingerprint density at radius 1 is 1.08 bits per heavy atom. The van der Waals surface area contributed by atoms with Gasteiger partial charge in [0.05, 0.1) is 5.75 Å². The van der Waals surface area contributed by atoms with Gasteiger partial charge in [-0.3, -0.25) is 4.55 Å². The predicted octanol–water partition coefficient (Wildman–Crippen LogP) is 2.48. The van der Waals surface area contributed by atoms with Crippen LogP contribution in [0.4, 0.5) is 0 Å². The Kier molecular flexibility index (Phi) is 6.33. The van der Waals surface area contributed by atoms with Gasteiger partial charge in [-0.05, 0) is 12.3 Å². The van der Waals surface area contributed by atoms with Gasteiger partial charge in [0.15, 0.2) is 0 Å². The third-order valence-electron chi connectivity index (χ3n) is 2.18. The van der Waals surface area contributed by atoms with Crippen LogP contribution in [0.15, 0.2) is 0 Å². The molecule has 0 saturated carbocycles. The van der Waals surface area contributed by atoms with Crippen LogP contribution in [0, 0.1) is 5.92 Å². The molecule has 0 unspecified atom stereocenters. The Hall–Kier alpha value is -0.0900. The highest BCUT2D eigenvalue weighted by molar-refractivity contribution is 7.85. The molecule has 4 heteroatoms. The number of hydrogen-bond acceptors (Lipinski definition) is 2. The largest absolute Gasteiger partial charge is 0.286 e. The maximum Gasteiger partial charge on any atom is 0.264 e. The predicted molar refractivity (Wildman–Crippen MR) is 54.3 cm³/mol. The van der Waals surface area contributed by atoms with Crippen molar-refractivity contribution in [2.75, 3.05) is 5.75 Å². The van der Waals surface area contributed by atoms with E-state index >= 15 is 0 Å². The number of hydrogen-bond donors (Lipinski definition) is 1. The third kappa shape index (κ3) is 8.25. The lowest BCUT2D eigenvalue weighted by molar-refractivity contribution is 0.415. The summed E-state index contributed by atoms with van der Waals surface area (Å²) >= 11 is 0. The molecule has 0 aliphatic heterocycles. The lowest BCUT2D eigenvalue weighted by atomic mass is 9.96. The minimum absolute atomic E-state index is 0.0856. The molecule has 0 aliphatic rings. The van der Waals surface area contributed by atoms with Gasteiger partial charge >= 0.3 is 0 Å². The molecular formula is C9H20O3S. The topological polar surface area (TPSA) is 54.4 Å². The van der Waals surface area contributed by atoms with Crippen molar-refractivity contribution in [2.45, 2.75) is 46.0 Å². The smallest absolute Gasteiger partial charge is 0.264 e. The summed E-state index contributed by atoms with van der Waals surface area (Å²) in [7, 11) is -3.76. The second-order valence-corrected chi connectivity index (χ2v) is 5.09. The summed E-state index contributed by atoms with van der Waals surface area (Å²) in [5, 5.41) is 0. The molecule has 0 aliphatic carbocycles. The quantitative estimate of drug-likeness (QED) is 0.654. The molecular weight excluding hydrogens is 188 g/mol. The van der Waals surface area contributed by atoms with Gasteiger partial charge in [-0.2, -0.15) is 8.42 Å². The zero-order valence-electron chi connectivity index (χ0n) is 8.49. The van der Waals surface area contributed by atoms with Crippen LogP contribution in [0.2, 0.25) is 0 Å². The molecule has 0 saturated heterocycles. The van der Waals surface area contributed by atoms with E-state index in [-0.39, 0.29) is 5.75 Å². The monoisotopic (exact) mass is 208 g/mol. The van der Waals surface area contributed by atoms with Crippen molar-refractivity contribution < 1.29 is 13.0 Å². The van der Waals surface area contributed by atoms with E-state index in [4.69, 9.17) is 4.55 Å². The van der Waals surface area contributed by atoms with Crippen LogP contribution >= 0.6 is 0 Å². The van der Waals surface area contributed by atoms with Crippen molar-refractivity contribution in [3.8, 4) is 0 Å². The maximum atomic E-state index is 10.5. The lowest BCUT2D eigenvalue weighted by Crippen LogP contribution is -2.10. The van der Waals surface area contributed by atoms with Crippen molar-refractivity contribution in [1.82, 2.24) is 0 Å². The Balaban J connectivity index is 3.81. The van der Waals surface area contributed by atoms with E-state index in [0.717, 1.165) is 25.7 Å². The first kappa shape index (κ1) is 12.9. The SMILES string of the molecule is CCCC(CCC)CCS(=O)(=O)O. The summed E-state index contributed by atoms with van der Waals surface area (Å²) < 4.78 is 29.6. The average molecular weight is 208 g/mol. The van der Waals surface area contributed by atoms with Crippen LogP contribution in [-0.4, -0.2) is 18.7 Å². The molecule has 0 fully saturated rings. The fraction of sp³-hybridized carbons (Fsp3) is 1.00. The van der Waals surface area contributed by atoms with Crippen LogP contribution in [0.1, 0.15) is 46.0 Å². The molecule has 3 nitrogen and oxygen atoms in total. The molecule has 0 aromatic heterocycles. The van der Waals surface area contributed by atoms with Gasteiger partial charge < -0.3 is 0 Å². The maximum absolute atomic E-state index is 10.5. The minimum Gasteiger partial charge on any atom is -0.286 e. The summed E-state index contributed by atoms with van der Waals surface area (Å²) in [6.07, 6.45) is 4.87. The first-order valence-corrected chi connectivity index (χ1v) is 6.55. The Bertz CT molecular complexity index is 203. The van der Waals surface area contributed by atoms with E-state index in [0.29, 0.717) is 12.3 Å². The van der Waals surface area contributed by atoms with E-state index in [1.54, 1.807) is 0 Å². The van der Waals surface area contributed by atoms with Gasteiger partial charge in [0.25, 0.3) is 10.1 Å². The van der Waals surface area contributed by atoms with E-state index in [2.05, 4.69) is 13.8 Å². The first-order valence-electron chi connectivity index (χ1n) is 4.94. The van der Waals surface area contributed by atoms with Crippen LogP contribution in [0.3, 0.4) is 0 Å². The van der Waals surface area contributed by atoms with Gasteiger partial charge in [0, 0.05) is 0 Å². The summed E-state index contributed by atoms with van der Waals surface area (Å²) in [5.74, 6) is 0.370. The van der Waals surface area contributed by atoms with Crippen LogP contribution in [-0.2, 0) is 10.1 Å². The molecule has 0 spiro atoms. The molecule has 0 atom stereocenters. The number of rotatable bonds is 7. The molecule has 1 N–H and O–H groups in total. The zero-order chi connectivity index (χ0) is 10.3. The summed E-state index contributed by atoms with van der Waals surface area (Å²) in [4.78, 5) is 0. The van der Waals surface area contributed by atoms with Gasteiger partial charge in [-0.15, -0.1) is 0 Å². The third-order valence-corrected chi connectivity index (χ3v) is 2.93. The van der Waals surface area contributed by atoms with Crippen molar-refractivity contribution >= 4 is 10.1 Å². The Morgan fingerprint density at radius 2 is 1.54 bits per heavy atom. The molecule has 0 aromatic rings. The highest BCUT2D eigenvalue weighted by Crippen LogP contribution is 2.17. The minimum atomic E-state index is -3.76. The Morgan fingerprint density at radius 3 is 1.85 bits per heavy atom. The standard InChI is InChI=1S/C9H20O3S/c1-3-5-9(6-4-2)7-8-13(10,11)12/h9H,3-8H2,1-2H3,(H,10,11,12). The molecule has 0 bridgehead atoms. The lowest BCUT2D eigenvalue weighted by Gasteiger charge is -2.13. The van der Waals surface area contributed by atoms with Gasteiger partial charge in [0.1, 0.15) is 0 Å². The summed E-state index contributed by atoms with van der Waals surface area (Å²) in [6.45, 7) is 4.19. The van der Waals surface area contributed by atoms with Crippen molar-refractivity contribution in [3.63, 3.8) is 0 Å². The van der Waals surface area contributed by atoms with Gasteiger partial charge in [-0.1, -0.05) is 39.5 Å². The molecule has 0 radical (unpaired) electrons. The summed E-state index contributed by atoms with van der Waals surface area (Å²) in [6, 6.07) is 0. The van der Waals surface area contributed by atoms with Gasteiger partial charge in [0.2, 0.25) is 0 Å². The van der Waals surface area contributed by atoms with Gasteiger partial charge in [-0.25, -0.2) is 0 Å². The highest BCUT2D eigenvalue weighted by Gasteiger charge is 2.11. The van der Waals surface area contributed by atoms with Crippen LogP contribution in [0.25, 0.3) is 0 Å². The zero-order valence-corrected chi connectivity index (χ0v) is 9.31. The molecule has 0 rings (SSSR count). The van der Waals surface area contributed by atoms with Crippen molar-refractivity contribution in [1.29, 1.82) is 0 Å². The molecule has 80 valence electrons. The molecule has 0 aromatic carbocycles. The van der Waals surface area contributed by atoms with E-state index in [1.165, 1.54) is 0 Å². The van der Waals surface area contributed by atoms with Crippen LogP contribution in [0.5, 0.6) is 0 Å². The van der Waals surface area contributed by atoms with Crippen LogP contribution < -0.4 is 0 Å². The molecule has 0 heterocycles. The van der Waals surface area contributed by atoms with E-state index in [1.807, 2.05) is 0 Å². The summed E-state index contributed by atoms with van der Waals surface area (Å²) in [5.41, 5.74) is 0. The molecule has 13 heavy (non-hydrogen) atoms. The first-order chi connectivity index (χ1) is 5.99. The Labute approximate surface area is 81.3 Å². The second-order valence-electron chi connectivity index (χ2n) is 3.52. The fourth-order valence-electron chi connectivity index (χ4n) is 1.57.